The van der Waals surface area contributed by atoms with Crippen LogP contribution in [0.1, 0.15) is 33.8 Å². The minimum atomic E-state index is -2.72. The minimum Gasteiger partial charge on any atom is -0.489 e. The third kappa shape index (κ3) is 4.57. The lowest BCUT2D eigenvalue weighted by Gasteiger charge is -2.45. The van der Waals surface area contributed by atoms with Crippen molar-refractivity contribution < 1.29 is 27.6 Å². The lowest BCUT2D eigenvalue weighted by Crippen LogP contribution is -2.62. The van der Waals surface area contributed by atoms with Crippen molar-refractivity contribution in [2.75, 3.05) is 33.4 Å². The molecule has 2 saturated heterocycles. The van der Waals surface area contributed by atoms with E-state index >= 15 is 0 Å². The molecule has 1 aromatic carbocycles. The number of hydrogen-bond acceptors (Lipinski definition) is 6. The number of amides is 1. The zero-order chi connectivity index (χ0) is 22.2. The summed E-state index contributed by atoms with van der Waals surface area (Å²) in [4.78, 5) is 16.3. The number of carbonyl (C=O) groups excluding carboxylic acids is 1. The lowest BCUT2D eigenvalue weighted by molar-refractivity contribution is -0.0139. The number of hydrogen-bond donors (Lipinski definition) is 0. The van der Waals surface area contributed by atoms with Gasteiger partial charge in [-0.15, -0.1) is 0 Å². The van der Waals surface area contributed by atoms with E-state index in [1.807, 2.05) is 31.2 Å². The summed E-state index contributed by atoms with van der Waals surface area (Å²) in [6, 6.07) is 7.17. The molecule has 2 aliphatic rings. The van der Waals surface area contributed by atoms with Gasteiger partial charge in [-0.25, -0.2) is 8.78 Å². The molecule has 0 unspecified atom stereocenters. The first kappa shape index (κ1) is 21.7. The van der Waals surface area contributed by atoms with Crippen LogP contribution in [0.2, 0.25) is 0 Å². The van der Waals surface area contributed by atoms with Crippen LogP contribution in [0, 0.1) is 13.8 Å². The fourth-order valence-corrected chi connectivity index (χ4v) is 4.20. The summed E-state index contributed by atoms with van der Waals surface area (Å²) in [5, 5.41) is 3.94. The Bertz CT molecular complexity index is 925. The standard InChI is InChI=1S/C22H27F2N3O4/c1-14-4-6-18(7-5-14)30-12-19-15(2)31-25-20(19)21(28)26-9-17(10-26)27-13-22(23,24)8-16(27)11-29-3/h4-7,16-17H,8-13H2,1-3H3/t16-/m0/s1. The van der Waals surface area contributed by atoms with E-state index in [-0.39, 0.29) is 49.9 Å². The van der Waals surface area contributed by atoms with Crippen LogP contribution in [-0.4, -0.2) is 72.2 Å². The number of rotatable bonds is 7. The number of ether oxygens (including phenoxy) is 2. The maximum Gasteiger partial charge on any atom is 0.276 e. The summed E-state index contributed by atoms with van der Waals surface area (Å²) in [5.41, 5.74) is 1.93. The van der Waals surface area contributed by atoms with Crippen LogP contribution in [0.15, 0.2) is 28.8 Å². The van der Waals surface area contributed by atoms with Crippen LogP contribution >= 0.6 is 0 Å². The van der Waals surface area contributed by atoms with Gasteiger partial charge in [0.05, 0.1) is 18.7 Å². The normalized spacial score (nSPS) is 21.3. The number of methoxy groups -OCH3 is 1. The molecule has 0 saturated carbocycles. The van der Waals surface area contributed by atoms with E-state index < -0.39 is 5.92 Å². The smallest absolute Gasteiger partial charge is 0.276 e. The second-order valence-electron chi connectivity index (χ2n) is 8.37. The summed E-state index contributed by atoms with van der Waals surface area (Å²) in [5.74, 6) is -1.79. The topological polar surface area (TPSA) is 68.0 Å². The van der Waals surface area contributed by atoms with Gasteiger partial charge in [0.15, 0.2) is 5.69 Å². The highest BCUT2D eigenvalue weighted by atomic mass is 19.3. The maximum atomic E-state index is 13.9. The summed E-state index contributed by atoms with van der Waals surface area (Å²) in [6.07, 6.45) is -0.214. The van der Waals surface area contributed by atoms with E-state index in [0.29, 0.717) is 30.2 Å². The Morgan fingerprint density at radius 3 is 2.65 bits per heavy atom. The van der Waals surface area contributed by atoms with Crippen LogP contribution in [0.5, 0.6) is 5.75 Å². The molecular weight excluding hydrogens is 408 g/mol. The molecule has 7 nitrogen and oxygen atoms in total. The van der Waals surface area contributed by atoms with Crippen LogP contribution < -0.4 is 4.74 Å². The second kappa shape index (κ2) is 8.55. The predicted octanol–water partition coefficient (Wildman–Crippen LogP) is 3.05. The second-order valence-corrected chi connectivity index (χ2v) is 8.37. The number of aromatic nitrogens is 1. The van der Waals surface area contributed by atoms with E-state index in [2.05, 4.69) is 5.16 Å². The highest BCUT2D eigenvalue weighted by molar-refractivity contribution is 5.94. The molecule has 0 aliphatic carbocycles. The third-order valence-corrected chi connectivity index (χ3v) is 5.99. The Morgan fingerprint density at radius 1 is 1.26 bits per heavy atom. The Balaban J connectivity index is 1.38. The SMILES string of the molecule is COC[C@@H]1CC(F)(F)CN1C1CN(C(=O)c2noc(C)c2COc2ccc(C)cc2)C1. The van der Waals surface area contributed by atoms with Gasteiger partial charge in [-0.2, -0.15) is 0 Å². The molecule has 0 spiro atoms. The first-order valence-electron chi connectivity index (χ1n) is 10.3. The van der Waals surface area contributed by atoms with E-state index in [1.54, 1.807) is 16.7 Å². The molecule has 168 valence electrons. The molecule has 1 amide bonds. The van der Waals surface area contributed by atoms with Gasteiger partial charge in [0.2, 0.25) is 0 Å². The van der Waals surface area contributed by atoms with E-state index in [4.69, 9.17) is 14.0 Å². The zero-order valence-corrected chi connectivity index (χ0v) is 17.9. The molecule has 3 heterocycles. The zero-order valence-electron chi connectivity index (χ0n) is 17.9. The average molecular weight is 435 g/mol. The Labute approximate surface area is 179 Å². The van der Waals surface area contributed by atoms with Crippen LogP contribution in [0.4, 0.5) is 8.78 Å². The molecule has 2 aromatic rings. The van der Waals surface area contributed by atoms with Crippen molar-refractivity contribution in [2.45, 2.75) is 44.9 Å². The van der Waals surface area contributed by atoms with Crippen molar-refractivity contribution in [2.24, 2.45) is 0 Å². The summed E-state index contributed by atoms with van der Waals surface area (Å²) >= 11 is 0. The quantitative estimate of drug-likeness (QED) is 0.666. The number of alkyl halides is 2. The van der Waals surface area contributed by atoms with Crippen molar-refractivity contribution in [3.8, 4) is 5.75 Å². The van der Waals surface area contributed by atoms with Crippen molar-refractivity contribution >= 4 is 5.91 Å². The minimum absolute atomic E-state index is 0.113. The largest absolute Gasteiger partial charge is 0.489 e. The van der Waals surface area contributed by atoms with Gasteiger partial charge >= 0.3 is 0 Å². The molecule has 1 atom stereocenters. The van der Waals surface area contributed by atoms with E-state index in [0.717, 1.165) is 5.56 Å². The van der Waals surface area contributed by atoms with Crippen LogP contribution in [-0.2, 0) is 11.3 Å². The van der Waals surface area contributed by atoms with Gasteiger partial charge in [0.25, 0.3) is 11.8 Å². The number of likely N-dealkylation sites (tertiary alicyclic amines) is 2. The van der Waals surface area contributed by atoms with Crippen molar-refractivity contribution in [3.63, 3.8) is 0 Å². The Kier molecular flexibility index (Phi) is 5.98. The van der Waals surface area contributed by atoms with Crippen molar-refractivity contribution in [3.05, 3.63) is 46.8 Å². The number of aryl methyl sites for hydroxylation is 2. The number of nitrogens with zero attached hydrogens (tertiary/aromatic N) is 3. The van der Waals surface area contributed by atoms with Crippen molar-refractivity contribution in [1.29, 1.82) is 0 Å². The molecular formula is C22H27F2N3O4. The molecule has 9 heteroatoms. The van der Waals surface area contributed by atoms with Gasteiger partial charge in [-0.1, -0.05) is 22.9 Å². The maximum absolute atomic E-state index is 13.9. The van der Waals surface area contributed by atoms with Gasteiger partial charge < -0.3 is 18.9 Å². The average Bonchev–Trinajstić information content (AvgIpc) is 3.19. The summed E-state index contributed by atoms with van der Waals surface area (Å²) in [6.45, 7) is 4.59. The van der Waals surface area contributed by atoms with Gasteiger partial charge in [-0.05, 0) is 26.0 Å². The van der Waals surface area contributed by atoms with E-state index in [9.17, 15) is 13.6 Å². The fraction of sp³-hybridized carbons (Fsp3) is 0.545. The molecule has 0 N–H and O–H groups in total. The van der Waals surface area contributed by atoms with Crippen LogP contribution in [0.25, 0.3) is 0 Å². The number of halogens is 2. The predicted molar refractivity (Wildman–Crippen MR) is 108 cm³/mol. The van der Waals surface area contributed by atoms with Gasteiger partial charge in [0, 0.05) is 38.7 Å². The highest BCUT2D eigenvalue weighted by Gasteiger charge is 2.50. The molecule has 31 heavy (non-hydrogen) atoms. The highest BCUT2D eigenvalue weighted by Crippen LogP contribution is 2.36. The summed E-state index contributed by atoms with van der Waals surface area (Å²) < 4.78 is 43.9. The third-order valence-electron chi connectivity index (χ3n) is 5.99. The number of benzene rings is 1. The summed E-state index contributed by atoms with van der Waals surface area (Å²) in [7, 11) is 1.51. The van der Waals surface area contributed by atoms with E-state index in [1.165, 1.54) is 7.11 Å². The molecule has 0 radical (unpaired) electrons. The van der Waals surface area contributed by atoms with Crippen molar-refractivity contribution in [1.82, 2.24) is 15.0 Å². The first-order chi connectivity index (χ1) is 14.8. The monoisotopic (exact) mass is 435 g/mol. The molecule has 2 aliphatic heterocycles. The Hall–Kier alpha value is -2.52. The lowest BCUT2D eigenvalue weighted by atomic mass is 10.0. The van der Waals surface area contributed by atoms with Gasteiger partial charge in [-0.3, -0.25) is 9.69 Å². The molecule has 0 bridgehead atoms. The molecule has 4 rings (SSSR count). The molecule has 1 aromatic heterocycles. The first-order valence-corrected chi connectivity index (χ1v) is 10.3. The Morgan fingerprint density at radius 2 is 1.97 bits per heavy atom. The van der Waals surface area contributed by atoms with Crippen LogP contribution in [0.3, 0.4) is 0 Å². The molecule has 2 fully saturated rings. The van der Waals surface area contributed by atoms with Gasteiger partial charge in [0.1, 0.15) is 18.1 Å². The number of carbonyl (C=O) groups is 1. The fourth-order valence-electron chi connectivity index (χ4n) is 4.20.